The van der Waals surface area contributed by atoms with Gasteiger partial charge in [0.15, 0.2) is 0 Å². The van der Waals surface area contributed by atoms with Gasteiger partial charge in [-0.2, -0.15) is 4.31 Å². The molecule has 0 saturated carbocycles. The summed E-state index contributed by atoms with van der Waals surface area (Å²) in [6, 6.07) is 12.6. The molecule has 0 atom stereocenters. The molecule has 168 valence electrons. The normalized spacial score (nSPS) is 15.3. The molecule has 1 aromatic carbocycles. The van der Waals surface area contributed by atoms with Gasteiger partial charge in [-0.3, -0.25) is 14.5 Å². The minimum Gasteiger partial charge on any atom is -0.468 e. The van der Waals surface area contributed by atoms with E-state index in [0.29, 0.717) is 10.9 Å². The van der Waals surface area contributed by atoms with E-state index in [0.717, 1.165) is 16.9 Å². The first-order valence-electron chi connectivity index (χ1n) is 9.66. The second-order valence-corrected chi connectivity index (χ2v) is 10.9. The van der Waals surface area contributed by atoms with Gasteiger partial charge >= 0.3 is 5.97 Å². The number of thiophene rings is 1. The van der Waals surface area contributed by atoms with Crippen LogP contribution in [0.5, 0.6) is 0 Å². The van der Waals surface area contributed by atoms with Crippen molar-refractivity contribution in [1.82, 2.24) is 14.1 Å². The Kier molecular flexibility index (Phi) is 8.06. The van der Waals surface area contributed by atoms with Crippen LogP contribution in [0.25, 0.3) is 0 Å². The van der Waals surface area contributed by atoms with Crippen molar-refractivity contribution in [1.29, 1.82) is 0 Å². The molecule has 1 aliphatic heterocycles. The van der Waals surface area contributed by atoms with Crippen molar-refractivity contribution in [2.24, 2.45) is 0 Å². The highest BCUT2D eigenvalue weighted by Crippen LogP contribution is 2.28. The number of methoxy groups -OCH3 is 1. The lowest BCUT2D eigenvalue weighted by molar-refractivity contribution is -0.143. The fourth-order valence-corrected chi connectivity index (χ4v) is 6.35. The lowest BCUT2D eigenvalue weighted by atomic mass is 10.2. The Labute approximate surface area is 191 Å². The van der Waals surface area contributed by atoms with Crippen molar-refractivity contribution in [3.05, 3.63) is 52.4 Å². The monoisotopic (exact) mass is 485 g/mol. The fourth-order valence-electron chi connectivity index (χ4n) is 3.29. The van der Waals surface area contributed by atoms with Crippen LogP contribution in [0.4, 0.5) is 0 Å². The Morgan fingerprint density at radius 3 is 2.32 bits per heavy atom. The van der Waals surface area contributed by atoms with E-state index in [-0.39, 0.29) is 49.4 Å². The lowest BCUT2D eigenvalue weighted by Gasteiger charge is -2.34. The van der Waals surface area contributed by atoms with E-state index in [1.165, 1.54) is 17.5 Å². The summed E-state index contributed by atoms with van der Waals surface area (Å²) in [6.07, 6.45) is 0. The second-order valence-electron chi connectivity index (χ2n) is 7.05. The lowest BCUT2D eigenvalue weighted by Crippen LogP contribution is -2.52. The zero-order valence-corrected chi connectivity index (χ0v) is 19.5. The first-order chi connectivity index (χ1) is 14.8. The van der Waals surface area contributed by atoms with E-state index >= 15 is 0 Å². The largest absolute Gasteiger partial charge is 0.468 e. The molecule has 31 heavy (non-hydrogen) atoms. The average molecular weight is 486 g/mol. The van der Waals surface area contributed by atoms with Gasteiger partial charge < -0.3 is 9.64 Å². The molecule has 1 amide bonds. The Bertz CT molecular complexity index is 1000. The van der Waals surface area contributed by atoms with Gasteiger partial charge in [-0.25, -0.2) is 8.42 Å². The minimum absolute atomic E-state index is 0.00931. The van der Waals surface area contributed by atoms with Crippen LogP contribution in [0.2, 0.25) is 4.34 Å². The van der Waals surface area contributed by atoms with Gasteiger partial charge in [0, 0.05) is 32.7 Å². The van der Waals surface area contributed by atoms with Gasteiger partial charge in [0.25, 0.3) is 10.0 Å². The summed E-state index contributed by atoms with van der Waals surface area (Å²) >= 11 is 6.89. The summed E-state index contributed by atoms with van der Waals surface area (Å²) in [4.78, 5) is 28.0. The molecule has 0 spiro atoms. The van der Waals surface area contributed by atoms with E-state index in [4.69, 9.17) is 16.3 Å². The van der Waals surface area contributed by atoms with Gasteiger partial charge in [0.1, 0.15) is 4.21 Å². The molecule has 3 rings (SSSR count). The van der Waals surface area contributed by atoms with Gasteiger partial charge in [-0.05, 0) is 17.7 Å². The van der Waals surface area contributed by atoms with Crippen molar-refractivity contribution >= 4 is 44.8 Å². The highest BCUT2D eigenvalue weighted by atomic mass is 35.5. The summed E-state index contributed by atoms with van der Waals surface area (Å²) in [6.45, 7) is 1.44. The van der Waals surface area contributed by atoms with Crippen LogP contribution in [0.15, 0.2) is 46.7 Å². The van der Waals surface area contributed by atoms with Crippen molar-refractivity contribution in [2.45, 2.75) is 10.8 Å². The predicted octanol–water partition coefficient (Wildman–Crippen LogP) is 1.91. The third-order valence-electron chi connectivity index (χ3n) is 4.92. The summed E-state index contributed by atoms with van der Waals surface area (Å²) in [7, 11) is -2.30. The number of carbonyl (C=O) groups excluding carboxylic acids is 2. The molecule has 1 aliphatic rings. The number of sulfonamides is 1. The van der Waals surface area contributed by atoms with E-state index < -0.39 is 16.0 Å². The molecule has 1 aromatic heterocycles. The zero-order chi connectivity index (χ0) is 22.4. The maximum Gasteiger partial charge on any atom is 0.319 e. The number of nitrogens with zero attached hydrogens (tertiary/aromatic N) is 3. The standard InChI is InChI=1S/C20H24ClN3O5S2/c1-29-19(26)15-22(13-16-5-3-2-4-6-16)14-18(25)23-9-11-24(12-10-23)31(27,28)20-8-7-17(21)30-20/h2-8H,9-15H2,1H3. The first-order valence-corrected chi connectivity index (χ1v) is 12.3. The SMILES string of the molecule is COC(=O)CN(CC(=O)N1CCN(S(=O)(=O)c2ccc(Cl)s2)CC1)Cc1ccccc1. The molecule has 11 heteroatoms. The minimum atomic E-state index is -3.62. The molecule has 2 aromatic rings. The number of piperazine rings is 1. The Balaban J connectivity index is 1.59. The number of benzene rings is 1. The molecular formula is C20H24ClN3O5S2. The van der Waals surface area contributed by atoms with Crippen LogP contribution in [-0.2, 0) is 30.9 Å². The molecule has 8 nitrogen and oxygen atoms in total. The third-order valence-corrected chi connectivity index (χ3v) is 8.52. The zero-order valence-electron chi connectivity index (χ0n) is 17.1. The Hall–Kier alpha value is -1.98. The second kappa shape index (κ2) is 10.6. The summed E-state index contributed by atoms with van der Waals surface area (Å²) in [5.74, 6) is -0.578. The number of ether oxygens (including phenoxy) is 1. The maximum atomic E-state index is 12.8. The number of carbonyl (C=O) groups is 2. The molecule has 0 N–H and O–H groups in total. The summed E-state index contributed by atoms with van der Waals surface area (Å²) in [5, 5.41) is 0. The number of esters is 1. The first kappa shape index (κ1) is 23.7. The number of halogens is 1. The van der Waals surface area contributed by atoms with E-state index in [1.54, 1.807) is 15.9 Å². The molecule has 0 bridgehead atoms. The number of hydrogen-bond acceptors (Lipinski definition) is 7. The third kappa shape index (κ3) is 6.27. The van der Waals surface area contributed by atoms with Crippen LogP contribution < -0.4 is 0 Å². The number of hydrogen-bond donors (Lipinski definition) is 0. The number of rotatable bonds is 8. The van der Waals surface area contributed by atoms with E-state index in [9.17, 15) is 18.0 Å². The quantitative estimate of drug-likeness (QED) is 0.531. The molecule has 0 aliphatic carbocycles. The van der Waals surface area contributed by atoms with Gasteiger partial charge in [-0.15, -0.1) is 11.3 Å². The Morgan fingerprint density at radius 1 is 1.06 bits per heavy atom. The van der Waals surface area contributed by atoms with Crippen molar-refractivity contribution in [3.63, 3.8) is 0 Å². The highest BCUT2D eigenvalue weighted by Gasteiger charge is 2.31. The van der Waals surface area contributed by atoms with Gasteiger partial charge in [0.2, 0.25) is 5.91 Å². The summed E-state index contributed by atoms with van der Waals surface area (Å²) < 4.78 is 32.2. The smallest absolute Gasteiger partial charge is 0.319 e. The van der Waals surface area contributed by atoms with Gasteiger partial charge in [0.05, 0.1) is 24.5 Å². The molecule has 1 saturated heterocycles. The summed E-state index contributed by atoms with van der Waals surface area (Å²) in [5.41, 5.74) is 0.977. The predicted molar refractivity (Wildman–Crippen MR) is 118 cm³/mol. The van der Waals surface area contributed by atoms with Crippen LogP contribution in [0.1, 0.15) is 5.56 Å². The molecule has 1 fully saturated rings. The average Bonchev–Trinajstić information content (AvgIpc) is 3.21. The maximum absolute atomic E-state index is 12.8. The van der Waals surface area contributed by atoms with Crippen LogP contribution in [-0.4, -0.2) is 80.8 Å². The molecular weight excluding hydrogens is 462 g/mol. The molecule has 0 radical (unpaired) electrons. The van der Waals surface area contributed by atoms with Crippen molar-refractivity contribution in [2.75, 3.05) is 46.4 Å². The molecule has 0 unspecified atom stereocenters. The van der Waals surface area contributed by atoms with Crippen molar-refractivity contribution in [3.8, 4) is 0 Å². The van der Waals surface area contributed by atoms with Gasteiger partial charge in [-0.1, -0.05) is 41.9 Å². The number of amides is 1. The van der Waals surface area contributed by atoms with Crippen LogP contribution in [0, 0.1) is 0 Å². The van der Waals surface area contributed by atoms with E-state index in [1.807, 2.05) is 30.3 Å². The van der Waals surface area contributed by atoms with Crippen LogP contribution >= 0.6 is 22.9 Å². The van der Waals surface area contributed by atoms with E-state index in [2.05, 4.69) is 0 Å². The Morgan fingerprint density at radius 2 is 1.74 bits per heavy atom. The topological polar surface area (TPSA) is 87.2 Å². The highest BCUT2D eigenvalue weighted by molar-refractivity contribution is 7.91. The fraction of sp³-hybridized carbons (Fsp3) is 0.400. The van der Waals surface area contributed by atoms with Crippen molar-refractivity contribution < 1.29 is 22.7 Å². The van der Waals surface area contributed by atoms with Crippen LogP contribution in [0.3, 0.4) is 0 Å². The molecule has 2 heterocycles.